The zero-order valence-electron chi connectivity index (χ0n) is 16.3. The zero-order valence-corrected chi connectivity index (χ0v) is 16.3. The SMILES string of the molecule is c1ccc(Cn2ccnc2C2CCN(c3ccc4c(n3)CCCC4)CC2)nc1. The molecule has 0 aromatic carbocycles. The molecular weight excluding hydrogens is 346 g/mol. The fourth-order valence-electron chi connectivity index (χ4n) is 4.59. The highest BCUT2D eigenvalue weighted by Crippen LogP contribution is 2.30. The van der Waals surface area contributed by atoms with Crippen LogP contribution in [0.4, 0.5) is 5.82 Å². The molecule has 5 heteroatoms. The minimum atomic E-state index is 0.507. The van der Waals surface area contributed by atoms with Crippen molar-refractivity contribution in [3.8, 4) is 0 Å². The summed E-state index contributed by atoms with van der Waals surface area (Å²) in [5.41, 5.74) is 3.87. The van der Waals surface area contributed by atoms with Crippen LogP contribution in [0, 0.1) is 0 Å². The van der Waals surface area contributed by atoms with E-state index in [0.29, 0.717) is 5.92 Å². The zero-order chi connectivity index (χ0) is 18.8. The Labute approximate surface area is 166 Å². The molecule has 0 bridgehead atoms. The number of imidazole rings is 1. The largest absolute Gasteiger partial charge is 0.357 e. The van der Waals surface area contributed by atoms with Crippen LogP contribution in [0.2, 0.25) is 0 Å². The smallest absolute Gasteiger partial charge is 0.128 e. The first-order valence-corrected chi connectivity index (χ1v) is 10.5. The first-order valence-electron chi connectivity index (χ1n) is 10.5. The molecule has 5 rings (SSSR count). The van der Waals surface area contributed by atoms with Crippen molar-refractivity contribution < 1.29 is 0 Å². The predicted octanol–water partition coefficient (Wildman–Crippen LogP) is 3.98. The van der Waals surface area contributed by atoms with Gasteiger partial charge in [-0.3, -0.25) is 4.98 Å². The Morgan fingerprint density at radius 3 is 2.68 bits per heavy atom. The van der Waals surface area contributed by atoms with Crippen molar-refractivity contribution in [3.63, 3.8) is 0 Å². The highest BCUT2D eigenvalue weighted by Gasteiger charge is 2.25. The lowest BCUT2D eigenvalue weighted by Crippen LogP contribution is -2.34. The third-order valence-electron chi connectivity index (χ3n) is 6.15. The normalized spacial score (nSPS) is 17.5. The lowest BCUT2D eigenvalue weighted by Gasteiger charge is -2.33. The summed E-state index contributed by atoms with van der Waals surface area (Å²) in [6, 6.07) is 10.6. The van der Waals surface area contributed by atoms with Crippen molar-refractivity contribution in [3.05, 3.63) is 71.7 Å². The second-order valence-electron chi connectivity index (χ2n) is 7.98. The van der Waals surface area contributed by atoms with Gasteiger partial charge in [-0.2, -0.15) is 0 Å². The maximum absolute atomic E-state index is 4.99. The molecule has 1 fully saturated rings. The second kappa shape index (κ2) is 7.74. The van der Waals surface area contributed by atoms with Crippen LogP contribution in [0.3, 0.4) is 0 Å². The van der Waals surface area contributed by atoms with Crippen LogP contribution in [0.1, 0.15) is 54.4 Å². The molecule has 0 saturated carbocycles. The number of nitrogens with zero attached hydrogens (tertiary/aromatic N) is 5. The maximum atomic E-state index is 4.99. The summed E-state index contributed by atoms with van der Waals surface area (Å²) < 4.78 is 2.26. The Balaban J connectivity index is 1.26. The van der Waals surface area contributed by atoms with Crippen LogP contribution < -0.4 is 4.90 Å². The molecule has 0 atom stereocenters. The lowest BCUT2D eigenvalue weighted by atomic mass is 9.94. The average molecular weight is 374 g/mol. The van der Waals surface area contributed by atoms with Gasteiger partial charge in [-0.05, 0) is 62.3 Å². The van der Waals surface area contributed by atoms with E-state index in [0.717, 1.165) is 50.4 Å². The highest BCUT2D eigenvalue weighted by molar-refractivity contribution is 5.43. The Morgan fingerprint density at radius 1 is 0.929 bits per heavy atom. The molecule has 0 N–H and O–H groups in total. The van der Waals surface area contributed by atoms with E-state index in [9.17, 15) is 0 Å². The fraction of sp³-hybridized carbons (Fsp3) is 0.435. The summed E-state index contributed by atoms with van der Waals surface area (Å²) in [7, 11) is 0. The number of hydrogen-bond donors (Lipinski definition) is 0. The lowest BCUT2D eigenvalue weighted by molar-refractivity contribution is 0.467. The van der Waals surface area contributed by atoms with Gasteiger partial charge in [-0.25, -0.2) is 9.97 Å². The summed E-state index contributed by atoms with van der Waals surface area (Å²) in [6.45, 7) is 2.89. The predicted molar refractivity (Wildman–Crippen MR) is 111 cm³/mol. The molecule has 0 radical (unpaired) electrons. The summed E-state index contributed by atoms with van der Waals surface area (Å²) in [5, 5.41) is 0. The average Bonchev–Trinajstić information content (AvgIpc) is 3.22. The van der Waals surface area contributed by atoms with Crippen molar-refractivity contribution in [2.75, 3.05) is 18.0 Å². The molecule has 2 aliphatic rings. The Morgan fingerprint density at radius 2 is 1.82 bits per heavy atom. The molecule has 0 spiro atoms. The maximum Gasteiger partial charge on any atom is 0.128 e. The van der Waals surface area contributed by atoms with Crippen LogP contribution in [0.5, 0.6) is 0 Å². The van der Waals surface area contributed by atoms with Gasteiger partial charge < -0.3 is 9.47 Å². The summed E-state index contributed by atoms with van der Waals surface area (Å²) in [4.78, 5) is 16.6. The number of hydrogen-bond acceptors (Lipinski definition) is 4. The molecule has 3 aromatic rings. The number of rotatable bonds is 4. The van der Waals surface area contributed by atoms with Crippen LogP contribution in [-0.4, -0.2) is 32.6 Å². The van der Waals surface area contributed by atoms with Crippen molar-refractivity contribution in [2.45, 2.75) is 51.0 Å². The molecule has 28 heavy (non-hydrogen) atoms. The van der Waals surface area contributed by atoms with Gasteiger partial charge in [0.1, 0.15) is 11.6 Å². The van der Waals surface area contributed by atoms with E-state index in [1.807, 2.05) is 24.5 Å². The number of fused-ring (bicyclic) bond motifs is 1. The van der Waals surface area contributed by atoms with Crippen LogP contribution in [0.25, 0.3) is 0 Å². The quantitative estimate of drug-likeness (QED) is 0.694. The first-order chi connectivity index (χ1) is 13.9. The van der Waals surface area contributed by atoms with E-state index in [1.54, 1.807) is 0 Å². The van der Waals surface area contributed by atoms with Crippen molar-refractivity contribution in [2.24, 2.45) is 0 Å². The first kappa shape index (κ1) is 17.4. The van der Waals surface area contributed by atoms with Gasteiger partial charge in [0.25, 0.3) is 0 Å². The number of pyridine rings is 2. The highest BCUT2D eigenvalue weighted by atomic mass is 15.2. The minimum Gasteiger partial charge on any atom is -0.357 e. The number of aryl methyl sites for hydroxylation is 2. The van der Waals surface area contributed by atoms with Gasteiger partial charge in [-0.15, -0.1) is 0 Å². The summed E-state index contributed by atoms with van der Waals surface area (Å²) >= 11 is 0. The Hall–Kier alpha value is -2.69. The minimum absolute atomic E-state index is 0.507. The molecule has 144 valence electrons. The molecule has 1 saturated heterocycles. The van der Waals surface area contributed by atoms with Gasteiger partial charge in [-0.1, -0.05) is 12.1 Å². The topological polar surface area (TPSA) is 46.8 Å². The van der Waals surface area contributed by atoms with E-state index >= 15 is 0 Å². The second-order valence-corrected chi connectivity index (χ2v) is 7.98. The van der Waals surface area contributed by atoms with Crippen LogP contribution in [0.15, 0.2) is 48.9 Å². The molecule has 5 nitrogen and oxygen atoms in total. The van der Waals surface area contributed by atoms with E-state index < -0.39 is 0 Å². The van der Waals surface area contributed by atoms with Gasteiger partial charge in [0.05, 0.1) is 12.2 Å². The molecule has 0 unspecified atom stereocenters. The van der Waals surface area contributed by atoms with Gasteiger partial charge in [0, 0.05) is 43.3 Å². The van der Waals surface area contributed by atoms with E-state index in [-0.39, 0.29) is 0 Å². The molecule has 4 heterocycles. The van der Waals surface area contributed by atoms with Crippen molar-refractivity contribution in [1.29, 1.82) is 0 Å². The standard InChI is InChI=1S/C23H27N5/c1-2-7-21-18(5-1)8-9-22(26-21)27-14-10-19(11-15-27)23-25-13-16-28(23)17-20-6-3-4-12-24-20/h3-4,6,8-9,12-13,16,19H,1-2,5,7,10-11,14-15,17H2. The van der Waals surface area contributed by atoms with Crippen molar-refractivity contribution in [1.82, 2.24) is 19.5 Å². The molecule has 3 aromatic heterocycles. The van der Waals surface area contributed by atoms with Crippen LogP contribution >= 0.6 is 0 Å². The fourth-order valence-corrected chi connectivity index (χ4v) is 4.59. The van der Waals surface area contributed by atoms with Gasteiger partial charge in [0.2, 0.25) is 0 Å². The third kappa shape index (κ3) is 3.53. The van der Waals surface area contributed by atoms with E-state index in [4.69, 9.17) is 9.97 Å². The van der Waals surface area contributed by atoms with E-state index in [1.165, 1.54) is 36.3 Å². The number of piperidine rings is 1. The third-order valence-corrected chi connectivity index (χ3v) is 6.15. The Bertz CT molecular complexity index is 925. The van der Waals surface area contributed by atoms with Crippen LogP contribution in [-0.2, 0) is 19.4 Å². The molecular formula is C23H27N5. The number of anilines is 1. The van der Waals surface area contributed by atoms with E-state index in [2.05, 4.69) is 38.8 Å². The monoisotopic (exact) mass is 373 g/mol. The number of aromatic nitrogens is 4. The van der Waals surface area contributed by atoms with Crippen molar-refractivity contribution >= 4 is 5.82 Å². The summed E-state index contributed by atoms with van der Waals surface area (Å²) in [6.07, 6.45) is 13.0. The summed E-state index contributed by atoms with van der Waals surface area (Å²) in [5.74, 6) is 2.87. The van der Waals surface area contributed by atoms with Gasteiger partial charge >= 0.3 is 0 Å². The molecule has 1 aliphatic heterocycles. The Kier molecular flexibility index (Phi) is 4.81. The molecule has 0 amide bonds. The van der Waals surface area contributed by atoms with Gasteiger partial charge in [0.15, 0.2) is 0 Å². The molecule has 1 aliphatic carbocycles.